The van der Waals surface area contributed by atoms with Crippen LogP contribution >= 0.6 is 11.6 Å². The molecule has 0 unspecified atom stereocenters. The number of hydrogen-bond acceptors (Lipinski definition) is 6. The van der Waals surface area contributed by atoms with Crippen LogP contribution in [0.2, 0.25) is 5.02 Å². The Morgan fingerprint density at radius 2 is 1.61 bits per heavy atom. The van der Waals surface area contributed by atoms with Gasteiger partial charge in [0.1, 0.15) is 12.3 Å². The number of halogens is 4. The molecule has 5 aromatic rings. The van der Waals surface area contributed by atoms with Crippen molar-refractivity contribution in [3.8, 4) is 28.3 Å². The molecule has 0 aliphatic heterocycles. The maximum atomic E-state index is 14.1. The maximum Gasteiger partial charge on any atom is 0.433 e. The molecule has 5 rings (SSSR count). The van der Waals surface area contributed by atoms with E-state index in [-0.39, 0.29) is 23.6 Å². The molecule has 12 heteroatoms. The predicted octanol–water partition coefficient (Wildman–Crippen LogP) is 4.70. The third-order valence-corrected chi connectivity index (χ3v) is 6.15. The van der Waals surface area contributed by atoms with Crippen molar-refractivity contribution < 1.29 is 18.3 Å². The molecule has 0 radical (unpaired) electrons. The topological polar surface area (TPSA) is 109 Å². The van der Waals surface area contributed by atoms with Crippen molar-refractivity contribution in [1.82, 2.24) is 24.4 Å². The third-order valence-electron chi connectivity index (χ3n) is 5.89. The molecule has 0 saturated carbocycles. The normalized spacial score (nSPS) is 11.6. The van der Waals surface area contributed by atoms with E-state index in [0.717, 1.165) is 12.3 Å². The molecule has 0 aliphatic carbocycles. The van der Waals surface area contributed by atoms with Crippen molar-refractivity contribution in [1.29, 1.82) is 5.26 Å². The van der Waals surface area contributed by atoms with Crippen molar-refractivity contribution in [2.45, 2.75) is 19.3 Å². The maximum absolute atomic E-state index is 14.1. The molecule has 0 bridgehead atoms. The molecule has 0 aliphatic rings. The van der Waals surface area contributed by atoms with Crippen LogP contribution in [0.25, 0.3) is 27.9 Å². The average molecular weight is 537 g/mol. The summed E-state index contributed by atoms with van der Waals surface area (Å²) in [7, 11) is 0. The fourth-order valence-corrected chi connectivity index (χ4v) is 4.26. The molecule has 38 heavy (non-hydrogen) atoms. The van der Waals surface area contributed by atoms with E-state index in [0.29, 0.717) is 32.8 Å². The van der Waals surface area contributed by atoms with Crippen molar-refractivity contribution in [3.05, 3.63) is 105 Å². The standard InChI is InChI=1S/C26H16ClF3N6O2/c27-19-8-6-18(7-9-19)23-22(17-4-1-15(11-31)2-5-17)24-34-33-21(14-37)36(24)35(25(23)38)13-16-3-10-20(32-12-16)26(28,29)30/h1-10,12,37H,13-14H2. The van der Waals surface area contributed by atoms with E-state index in [1.54, 1.807) is 48.5 Å². The molecular formula is C26H16ClF3N6O2. The summed E-state index contributed by atoms with van der Waals surface area (Å²) in [5.41, 5.74) is 1.08. The lowest BCUT2D eigenvalue weighted by atomic mass is 9.96. The number of hydrogen-bond donors (Lipinski definition) is 1. The summed E-state index contributed by atoms with van der Waals surface area (Å²) in [6.45, 7) is -0.737. The fraction of sp³-hybridized carbons (Fsp3) is 0.115. The van der Waals surface area contributed by atoms with Crippen LogP contribution in [-0.2, 0) is 19.3 Å². The highest BCUT2D eigenvalue weighted by Gasteiger charge is 2.32. The van der Waals surface area contributed by atoms with Gasteiger partial charge in [0.25, 0.3) is 5.56 Å². The monoisotopic (exact) mass is 536 g/mol. The number of benzene rings is 2. The van der Waals surface area contributed by atoms with Gasteiger partial charge in [-0.05, 0) is 47.0 Å². The number of nitriles is 1. The van der Waals surface area contributed by atoms with Gasteiger partial charge in [0.15, 0.2) is 11.5 Å². The van der Waals surface area contributed by atoms with Crippen LogP contribution in [0.3, 0.4) is 0 Å². The number of aromatic nitrogens is 5. The van der Waals surface area contributed by atoms with Gasteiger partial charge in [-0.3, -0.25) is 9.78 Å². The zero-order valence-corrected chi connectivity index (χ0v) is 20.1. The fourth-order valence-electron chi connectivity index (χ4n) is 4.13. The zero-order valence-electron chi connectivity index (χ0n) is 19.3. The van der Waals surface area contributed by atoms with Gasteiger partial charge in [-0.15, -0.1) is 10.2 Å². The first-order valence-electron chi connectivity index (χ1n) is 11.1. The highest BCUT2D eigenvalue weighted by Crippen LogP contribution is 2.34. The first kappa shape index (κ1) is 25.1. The Labute approximate surface area is 217 Å². The van der Waals surface area contributed by atoms with Crippen LogP contribution < -0.4 is 5.56 Å². The first-order chi connectivity index (χ1) is 18.2. The minimum absolute atomic E-state index is 0.0505. The molecule has 190 valence electrons. The van der Waals surface area contributed by atoms with Crippen LogP contribution in [0.15, 0.2) is 71.7 Å². The Kier molecular flexibility index (Phi) is 6.44. The summed E-state index contributed by atoms with van der Waals surface area (Å²) < 4.78 is 41.6. The molecule has 3 aromatic heterocycles. The van der Waals surface area contributed by atoms with Gasteiger partial charge >= 0.3 is 6.18 Å². The van der Waals surface area contributed by atoms with E-state index in [1.807, 2.05) is 6.07 Å². The number of alkyl halides is 3. The van der Waals surface area contributed by atoms with E-state index in [4.69, 9.17) is 11.6 Å². The van der Waals surface area contributed by atoms with Gasteiger partial charge in [-0.2, -0.15) is 18.4 Å². The Balaban J connectivity index is 1.80. The molecule has 3 heterocycles. The number of rotatable bonds is 5. The number of aliphatic hydroxyl groups excluding tert-OH is 1. The van der Waals surface area contributed by atoms with E-state index in [9.17, 15) is 28.3 Å². The van der Waals surface area contributed by atoms with Crippen LogP contribution in [-0.4, -0.2) is 29.5 Å². The molecule has 0 atom stereocenters. The van der Waals surface area contributed by atoms with Gasteiger partial charge in [-0.25, -0.2) is 9.20 Å². The smallest absolute Gasteiger partial charge is 0.388 e. The van der Waals surface area contributed by atoms with E-state index in [1.165, 1.54) is 15.3 Å². The Bertz CT molecular complexity index is 1740. The summed E-state index contributed by atoms with van der Waals surface area (Å²) in [6.07, 6.45) is -3.56. The van der Waals surface area contributed by atoms with Crippen molar-refractivity contribution in [2.75, 3.05) is 0 Å². The largest absolute Gasteiger partial charge is 0.433 e. The van der Waals surface area contributed by atoms with Crippen molar-refractivity contribution >= 4 is 17.2 Å². The molecule has 1 N–H and O–H groups in total. The lowest BCUT2D eigenvalue weighted by Gasteiger charge is -2.18. The van der Waals surface area contributed by atoms with E-state index < -0.39 is 24.0 Å². The molecular weight excluding hydrogens is 521 g/mol. The molecule has 8 nitrogen and oxygen atoms in total. The number of nitrogens with zero attached hydrogens (tertiary/aromatic N) is 6. The van der Waals surface area contributed by atoms with Gasteiger partial charge in [0, 0.05) is 16.8 Å². The minimum atomic E-state index is -4.61. The molecule has 0 fully saturated rings. The van der Waals surface area contributed by atoms with Crippen molar-refractivity contribution in [2.24, 2.45) is 0 Å². The van der Waals surface area contributed by atoms with Crippen LogP contribution in [0.5, 0.6) is 0 Å². The minimum Gasteiger partial charge on any atom is -0.388 e. The molecule has 0 spiro atoms. The first-order valence-corrected chi connectivity index (χ1v) is 11.5. The molecule has 0 saturated heterocycles. The van der Waals surface area contributed by atoms with Crippen LogP contribution in [0, 0.1) is 11.3 Å². The van der Waals surface area contributed by atoms with Crippen LogP contribution in [0.4, 0.5) is 13.2 Å². The highest BCUT2D eigenvalue weighted by molar-refractivity contribution is 6.30. The van der Waals surface area contributed by atoms with E-state index >= 15 is 0 Å². The van der Waals surface area contributed by atoms with Gasteiger partial charge in [-0.1, -0.05) is 41.9 Å². The summed E-state index contributed by atoms with van der Waals surface area (Å²) in [6, 6.07) is 17.2. The summed E-state index contributed by atoms with van der Waals surface area (Å²) >= 11 is 6.07. The van der Waals surface area contributed by atoms with Gasteiger partial charge in [0.2, 0.25) is 0 Å². The average Bonchev–Trinajstić information content (AvgIpc) is 3.34. The summed E-state index contributed by atoms with van der Waals surface area (Å²) in [5.74, 6) is 0.0505. The van der Waals surface area contributed by atoms with Crippen LogP contribution in [0.1, 0.15) is 22.6 Å². The Morgan fingerprint density at radius 1 is 0.947 bits per heavy atom. The lowest BCUT2D eigenvalue weighted by Crippen LogP contribution is -2.30. The SMILES string of the molecule is N#Cc1ccc(-c2c(-c3ccc(Cl)cc3)c(=O)n(Cc3ccc(C(F)(F)F)nc3)n3c(CO)nnc23)cc1. The Morgan fingerprint density at radius 3 is 2.18 bits per heavy atom. The van der Waals surface area contributed by atoms with Gasteiger partial charge in [0.05, 0.1) is 23.7 Å². The van der Waals surface area contributed by atoms with Crippen molar-refractivity contribution in [3.63, 3.8) is 0 Å². The molecule has 2 aromatic carbocycles. The van der Waals surface area contributed by atoms with Gasteiger partial charge < -0.3 is 5.11 Å². The predicted molar refractivity (Wildman–Crippen MR) is 132 cm³/mol. The zero-order chi connectivity index (χ0) is 27.0. The second-order valence-electron chi connectivity index (χ2n) is 8.27. The second kappa shape index (κ2) is 9.74. The summed E-state index contributed by atoms with van der Waals surface area (Å²) in [5, 5.41) is 27.9. The van der Waals surface area contributed by atoms with E-state index in [2.05, 4.69) is 15.2 Å². The Hall–Kier alpha value is -4.53. The highest BCUT2D eigenvalue weighted by atomic mass is 35.5. The second-order valence-corrected chi connectivity index (χ2v) is 8.70. The number of fused-ring (bicyclic) bond motifs is 1. The third kappa shape index (κ3) is 4.51. The summed E-state index contributed by atoms with van der Waals surface area (Å²) in [4.78, 5) is 17.6. The number of pyridine rings is 1. The number of aliphatic hydroxyl groups is 1. The lowest BCUT2D eigenvalue weighted by molar-refractivity contribution is -0.141. The molecule has 0 amide bonds. The quantitative estimate of drug-likeness (QED) is 0.348.